The summed E-state index contributed by atoms with van der Waals surface area (Å²) in [5, 5.41) is 0. The first-order valence-electron chi connectivity index (χ1n) is 7.03. The second kappa shape index (κ2) is 5.99. The Balaban J connectivity index is 1.91. The van der Waals surface area contributed by atoms with Crippen LogP contribution >= 0.6 is 0 Å². The fourth-order valence-corrected chi connectivity index (χ4v) is 2.44. The number of para-hydroxylation sites is 2. The quantitative estimate of drug-likeness (QED) is 0.617. The van der Waals surface area contributed by atoms with E-state index in [2.05, 4.69) is 4.74 Å². The van der Waals surface area contributed by atoms with Crippen molar-refractivity contribution in [1.82, 2.24) is 0 Å². The predicted molar refractivity (Wildman–Crippen MR) is 76.9 cm³/mol. The van der Waals surface area contributed by atoms with Crippen LogP contribution in [0.4, 0.5) is 13.2 Å². The molecule has 1 aliphatic heterocycles. The summed E-state index contributed by atoms with van der Waals surface area (Å²) in [4.78, 5) is 23.3. The molecule has 0 radical (unpaired) electrons. The van der Waals surface area contributed by atoms with Crippen LogP contribution in [0, 0.1) is 0 Å². The molecule has 1 aliphatic rings. The Hall–Kier alpha value is -2.83. The molecule has 0 N–H and O–H groups in total. The number of esters is 1. The molecule has 2 aromatic rings. The number of hydrogen-bond donors (Lipinski definition) is 0. The van der Waals surface area contributed by atoms with Crippen LogP contribution in [-0.2, 0) is 4.79 Å². The SMILES string of the molecule is O=C1CC(c2ccccc2OC(=O)C(F)(F)F)Oc2ccccc21. The lowest BCUT2D eigenvalue weighted by atomic mass is 9.96. The van der Waals surface area contributed by atoms with Gasteiger partial charge in [-0.3, -0.25) is 4.79 Å². The third-order valence-electron chi connectivity index (χ3n) is 3.53. The number of carbonyl (C=O) groups excluding carboxylic acids is 2. The number of rotatable bonds is 2. The Labute approximate surface area is 134 Å². The molecule has 7 heteroatoms. The fourth-order valence-electron chi connectivity index (χ4n) is 2.44. The second-order valence-electron chi connectivity index (χ2n) is 5.16. The Kier molecular flexibility index (Phi) is 4.01. The van der Waals surface area contributed by atoms with E-state index in [4.69, 9.17) is 4.74 Å². The topological polar surface area (TPSA) is 52.6 Å². The molecule has 1 heterocycles. The van der Waals surface area contributed by atoms with Crippen molar-refractivity contribution in [2.75, 3.05) is 0 Å². The number of alkyl halides is 3. The highest BCUT2D eigenvalue weighted by Crippen LogP contribution is 2.38. The Bertz CT molecular complexity index is 798. The van der Waals surface area contributed by atoms with Gasteiger partial charge >= 0.3 is 12.1 Å². The van der Waals surface area contributed by atoms with Gasteiger partial charge in [0.15, 0.2) is 5.78 Å². The van der Waals surface area contributed by atoms with Gasteiger partial charge in [-0.25, -0.2) is 4.79 Å². The van der Waals surface area contributed by atoms with E-state index in [1.807, 2.05) is 0 Å². The second-order valence-corrected chi connectivity index (χ2v) is 5.16. The maximum Gasteiger partial charge on any atom is 0.491 e. The van der Waals surface area contributed by atoms with Crippen molar-refractivity contribution in [2.45, 2.75) is 18.7 Å². The molecule has 0 saturated heterocycles. The Morgan fingerprint density at radius 2 is 1.75 bits per heavy atom. The number of halogens is 3. The molecule has 0 aliphatic carbocycles. The van der Waals surface area contributed by atoms with Gasteiger partial charge in [0.2, 0.25) is 0 Å². The standard InChI is InChI=1S/C17H11F3O4/c18-17(19,20)16(22)24-14-8-4-2-6-11(14)15-9-12(21)10-5-1-3-7-13(10)23-15/h1-8,15H,9H2. The zero-order valence-electron chi connectivity index (χ0n) is 12.2. The molecule has 3 rings (SSSR count). The zero-order chi connectivity index (χ0) is 17.3. The van der Waals surface area contributed by atoms with Crippen LogP contribution in [0.1, 0.15) is 28.4 Å². The molecule has 24 heavy (non-hydrogen) atoms. The van der Waals surface area contributed by atoms with Gasteiger partial charge in [0, 0.05) is 5.56 Å². The molecule has 0 spiro atoms. The van der Waals surface area contributed by atoms with Crippen molar-refractivity contribution in [3.63, 3.8) is 0 Å². The third-order valence-corrected chi connectivity index (χ3v) is 3.53. The lowest BCUT2D eigenvalue weighted by molar-refractivity contribution is -0.189. The zero-order valence-corrected chi connectivity index (χ0v) is 12.2. The maximum atomic E-state index is 12.4. The van der Waals surface area contributed by atoms with Crippen LogP contribution in [0.3, 0.4) is 0 Å². The van der Waals surface area contributed by atoms with Crippen LogP contribution in [0.15, 0.2) is 48.5 Å². The van der Waals surface area contributed by atoms with Gasteiger partial charge < -0.3 is 9.47 Å². The molecule has 0 amide bonds. The number of ether oxygens (including phenoxy) is 2. The highest BCUT2D eigenvalue weighted by molar-refractivity contribution is 6.00. The van der Waals surface area contributed by atoms with Crippen LogP contribution in [0.25, 0.3) is 0 Å². The lowest BCUT2D eigenvalue weighted by Gasteiger charge is -2.26. The number of fused-ring (bicyclic) bond motifs is 1. The minimum atomic E-state index is -5.11. The minimum absolute atomic E-state index is 0.0579. The summed E-state index contributed by atoms with van der Waals surface area (Å²) in [5.74, 6) is -2.45. The molecule has 2 aromatic carbocycles. The van der Waals surface area contributed by atoms with Gasteiger partial charge in [0.05, 0.1) is 12.0 Å². The largest absolute Gasteiger partial charge is 0.491 e. The lowest BCUT2D eigenvalue weighted by Crippen LogP contribution is -2.29. The number of benzene rings is 2. The predicted octanol–water partition coefficient (Wildman–Crippen LogP) is 3.86. The molecule has 124 valence electrons. The van der Waals surface area contributed by atoms with E-state index in [0.29, 0.717) is 11.3 Å². The first kappa shape index (κ1) is 16.0. The van der Waals surface area contributed by atoms with Gasteiger partial charge in [-0.2, -0.15) is 13.2 Å². The number of Topliss-reactive ketones (excluding diaryl/α,β-unsaturated/α-hetero) is 1. The average molecular weight is 336 g/mol. The fraction of sp³-hybridized carbons (Fsp3) is 0.176. The van der Waals surface area contributed by atoms with Crippen molar-refractivity contribution >= 4 is 11.8 Å². The third kappa shape index (κ3) is 3.10. The summed E-state index contributed by atoms with van der Waals surface area (Å²) in [5.41, 5.74) is 0.622. The normalized spacial score (nSPS) is 17.0. The Morgan fingerprint density at radius 1 is 1.08 bits per heavy atom. The number of ketones is 1. The monoisotopic (exact) mass is 336 g/mol. The van der Waals surface area contributed by atoms with Crippen LogP contribution in [0.5, 0.6) is 11.5 Å². The summed E-state index contributed by atoms with van der Waals surface area (Å²) >= 11 is 0. The van der Waals surface area contributed by atoms with E-state index in [1.54, 1.807) is 30.3 Å². The van der Waals surface area contributed by atoms with Crippen molar-refractivity contribution in [3.05, 3.63) is 59.7 Å². The van der Waals surface area contributed by atoms with Crippen LogP contribution in [0.2, 0.25) is 0 Å². The van der Waals surface area contributed by atoms with E-state index in [-0.39, 0.29) is 23.5 Å². The molecular formula is C17H11F3O4. The molecule has 0 fully saturated rings. The van der Waals surface area contributed by atoms with Gasteiger partial charge in [0.25, 0.3) is 0 Å². The molecule has 0 bridgehead atoms. The van der Waals surface area contributed by atoms with Crippen molar-refractivity contribution in [1.29, 1.82) is 0 Å². The molecule has 4 nitrogen and oxygen atoms in total. The smallest absolute Gasteiger partial charge is 0.484 e. The number of carbonyl (C=O) groups is 2. The van der Waals surface area contributed by atoms with Crippen molar-refractivity contribution < 1.29 is 32.2 Å². The van der Waals surface area contributed by atoms with E-state index < -0.39 is 18.2 Å². The van der Waals surface area contributed by atoms with Gasteiger partial charge in [0.1, 0.15) is 17.6 Å². The van der Waals surface area contributed by atoms with E-state index in [9.17, 15) is 22.8 Å². The minimum Gasteiger partial charge on any atom is -0.484 e. The number of hydrogen-bond acceptors (Lipinski definition) is 4. The summed E-state index contributed by atoms with van der Waals surface area (Å²) in [6, 6.07) is 12.3. The summed E-state index contributed by atoms with van der Waals surface area (Å²) in [7, 11) is 0. The highest BCUT2D eigenvalue weighted by Gasteiger charge is 2.42. The Morgan fingerprint density at radius 3 is 2.50 bits per heavy atom. The maximum absolute atomic E-state index is 12.4. The van der Waals surface area contributed by atoms with Gasteiger partial charge in [-0.15, -0.1) is 0 Å². The van der Waals surface area contributed by atoms with E-state index >= 15 is 0 Å². The summed E-state index contributed by atoms with van der Waals surface area (Å²) in [6.45, 7) is 0. The molecule has 1 atom stereocenters. The van der Waals surface area contributed by atoms with Crippen molar-refractivity contribution in [3.8, 4) is 11.5 Å². The molecular weight excluding hydrogens is 325 g/mol. The van der Waals surface area contributed by atoms with Gasteiger partial charge in [-0.1, -0.05) is 30.3 Å². The first-order valence-corrected chi connectivity index (χ1v) is 7.03. The van der Waals surface area contributed by atoms with Crippen molar-refractivity contribution in [2.24, 2.45) is 0 Å². The molecule has 0 saturated carbocycles. The molecule has 1 unspecified atom stereocenters. The van der Waals surface area contributed by atoms with Crippen LogP contribution < -0.4 is 9.47 Å². The average Bonchev–Trinajstić information content (AvgIpc) is 2.54. The van der Waals surface area contributed by atoms with E-state index in [1.165, 1.54) is 18.2 Å². The summed E-state index contributed by atoms with van der Waals surface area (Å²) < 4.78 is 47.4. The van der Waals surface area contributed by atoms with E-state index in [0.717, 1.165) is 0 Å². The molecule has 0 aromatic heterocycles. The van der Waals surface area contributed by atoms with Gasteiger partial charge in [-0.05, 0) is 18.2 Å². The van der Waals surface area contributed by atoms with Crippen LogP contribution in [-0.4, -0.2) is 17.9 Å². The highest BCUT2D eigenvalue weighted by atomic mass is 19.4. The first-order chi connectivity index (χ1) is 11.4. The summed E-state index contributed by atoms with van der Waals surface area (Å²) in [6.07, 6.45) is -6.00.